The fourth-order valence-electron chi connectivity index (χ4n) is 2.08. The molecule has 0 unspecified atom stereocenters. The van der Waals surface area contributed by atoms with Crippen molar-refractivity contribution in [3.05, 3.63) is 18.2 Å². The molecule has 2 rings (SSSR count). The first-order valence-electron chi connectivity index (χ1n) is 6.48. The predicted molar refractivity (Wildman–Crippen MR) is 74.9 cm³/mol. The number of benzene rings is 1. The maximum absolute atomic E-state index is 11.9. The molecule has 1 saturated heterocycles. The van der Waals surface area contributed by atoms with Gasteiger partial charge in [0, 0.05) is 19.2 Å². The molecule has 6 nitrogen and oxygen atoms in total. The van der Waals surface area contributed by atoms with Crippen molar-refractivity contribution >= 4 is 23.2 Å². The van der Waals surface area contributed by atoms with Gasteiger partial charge in [-0.3, -0.25) is 9.59 Å². The molecule has 1 fully saturated rings. The Hall–Kier alpha value is -2.08. The molecule has 0 bridgehead atoms. The molecule has 1 aromatic rings. The quantitative estimate of drug-likeness (QED) is 0.880. The van der Waals surface area contributed by atoms with E-state index in [1.54, 1.807) is 18.2 Å². The Balaban J connectivity index is 2.11. The zero-order chi connectivity index (χ0) is 14.5. The van der Waals surface area contributed by atoms with Crippen LogP contribution in [0.4, 0.5) is 11.4 Å². The highest BCUT2D eigenvalue weighted by atomic mass is 16.5. The summed E-state index contributed by atoms with van der Waals surface area (Å²) in [7, 11) is 1.52. The number of ether oxygens (including phenoxy) is 2. The zero-order valence-electron chi connectivity index (χ0n) is 11.6. The molecule has 0 spiro atoms. The molecular weight excluding hydrogens is 260 g/mol. The van der Waals surface area contributed by atoms with Crippen molar-refractivity contribution in [1.29, 1.82) is 0 Å². The second-order valence-corrected chi connectivity index (χ2v) is 4.59. The molecule has 1 aliphatic rings. The van der Waals surface area contributed by atoms with Gasteiger partial charge in [-0.1, -0.05) is 0 Å². The van der Waals surface area contributed by atoms with E-state index in [1.807, 2.05) is 0 Å². The largest absolute Gasteiger partial charge is 0.495 e. The monoisotopic (exact) mass is 278 g/mol. The number of carbonyl (C=O) groups excluding carboxylic acids is 2. The van der Waals surface area contributed by atoms with Gasteiger partial charge in [-0.2, -0.15) is 0 Å². The fraction of sp³-hybridized carbons (Fsp3) is 0.429. The van der Waals surface area contributed by atoms with E-state index in [0.717, 1.165) is 12.8 Å². The van der Waals surface area contributed by atoms with Gasteiger partial charge in [0.05, 0.1) is 12.8 Å². The number of methoxy groups -OCH3 is 1. The standard InChI is InChI=1S/C14H18N2O4/c1-9(17)15-11-8-10(5-6-12(11)19-2)16-14(18)13-4-3-7-20-13/h5-6,8,13H,3-4,7H2,1-2H3,(H,15,17)(H,16,18)/t13-/m1/s1. The second-order valence-electron chi connectivity index (χ2n) is 4.59. The van der Waals surface area contributed by atoms with Gasteiger partial charge < -0.3 is 20.1 Å². The van der Waals surface area contributed by atoms with Crippen LogP contribution in [0.15, 0.2) is 18.2 Å². The summed E-state index contributed by atoms with van der Waals surface area (Å²) < 4.78 is 10.5. The molecule has 108 valence electrons. The van der Waals surface area contributed by atoms with Crippen LogP contribution in [-0.4, -0.2) is 31.6 Å². The van der Waals surface area contributed by atoms with E-state index in [9.17, 15) is 9.59 Å². The lowest BCUT2D eigenvalue weighted by atomic mass is 10.2. The van der Waals surface area contributed by atoms with Gasteiger partial charge in [-0.05, 0) is 31.0 Å². The van der Waals surface area contributed by atoms with E-state index in [-0.39, 0.29) is 17.9 Å². The first kappa shape index (κ1) is 14.3. The third kappa shape index (κ3) is 3.48. The van der Waals surface area contributed by atoms with Crippen molar-refractivity contribution in [2.24, 2.45) is 0 Å². The Kier molecular flexibility index (Phi) is 4.57. The maximum Gasteiger partial charge on any atom is 0.253 e. The Bertz CT molecular complexity index is 510. The number of amides is 2. The van der Waals surface area contributed by atoms with Gasteiger partial charge in [0.1, 0.15) is 11.9 Å². The van der Waals surface area contributed by atoms with E-state index in [1.165, 1.54) is 14.0 Å². The minimum absolute atomic E-state index is 0.165. The van der Waals surface area contributed by atoms with Crippen molar-refractivity contribution in [3.8, 4) is 5.75 Å². The van der Waals surface area contributed by atoms with Crippen LogP contribution in [0, 0.1) is 0 Å². The highest BCUT2D eigenvalue weighted by Gasteiger charge is 2.23. The molecule has 2 N–H and O–H groups in total. The summed E-state index contributed by atoms with van der Waals surface area (Å²) in [5.41, 5.74) is 1.11. The Morgan fingerprint density at radius 2 is 2.15 bits per heavy atom. The van der Waals surface area contributed by atoms with Gasteiger partial charge >= 0.3 is 0 Å². The smallest absolute Gasteiger partial charge is 0.253 e. The average Bonchev–Trinajstić information content (AvgIpc) is 2.92. The lowest BCUT2D eigenvalue weighted by Gasteiger charge is -2.13. The average molecular weight is 278 g/mol. The third-order valence-corrected chi connectivity index (χ3v) is 3.00. The van der Waals surface area contributed by atoms with Gasteiger partial charge in [0.2, 0.25) is 5.91 Å². The van der Waals surface area contributed by atoms with Crippen molar-refractivity contribution in [1.82, 2.24) is 0 Å². The number of hydrogen-bond acceptors (Lipinski definition) is 4. The van der Waals surface area contributed by atoms with Gasteiger partial charge in [-0.15, -0.1) is 0 Å². The third-order valence-electron chi connectivity index (χ3n) is 3.00. The summed E-state index contributed by atoms with van der Waals surface area (Å²) >= 11 is 0. The molecule has 2 amide bonds. The number of carbonyl (C=O) groups is 2. The Morgan fingerprint density at radius 3 is 2.75 bits per heavy atom. The van der Waals surface area contributed by atoms with E-state index in [2.05, 4.69) is 10.6 Å². The summed E-state index contributed by atoms with van der Waals surface area (Å²) in [4.78, 5) is 23.1. The SMILES string of the molecule is COc1ccc(NC(=O)[C@H]2CCCO2)cc1NC(C)=O. The van der Waals surface area contributed by atoms with Crippen LogP contribution in [0.25, 0.3) is 0 Å². The van der Waals surface area contributed by atoms with Crippen LogP contribution in [0.1, 0.15) is 19.8 Å². The molecule has 1 atom stereocenters. The molecule has 0 aromatic heterocycles. The molecule has 0 radical (unpaired) electrons. The number of hydrogen-bond donors (Lipinski definition) is 2. The number of rotatable bonds is 4. The first-order valence-corrected chi connectivity index (χ1v) is 6.48. The highest BCUT2D eigenvalue weighted by Crippen LogP contribution is 2.28. The summed E-state index contributed by atoms with van der Waals surface area (Å²) in [5.74, 6) is 0.169. The summed E-state index contributed by atoms with van der Waals surface area (Å²) in [6.45, 7) is 2.04. The molecular formula is C14H18N2O4. The van der Waals surface area contributed by atoms with Crippen molar-refractivity contribution < 1.29 is 19.1 Å². The highest BCUT2D eigenvalue weighted by molar-refractivity contribution is 5.96. The van der Waals surface area contributed by atoms with Crippen LogP contribution < -0.4 is 15.4 Å². The summed E-state index contributed by atoms with van der Waals surface area (Å²) in [6, 6.07) is 5.07. The normalized spacial score (nSPS) is 17.6. The first-order chi connectivity index (χ1) is 9.60. The minimum atomic E-state index is -0.388. The van der Waals surface area contributed by atoms with Crippen molar-refractivity contribution in [2.45, 2.75) is 25.9 Å². The molecule has 0 aliphatic carbocycles. The molecule has 0 saturated carbocycles. The van der Waals surface area contributed by atoms with Crippen LogP contribution in [0.5, 0.6) is 5.75 Å². The number of anilines is 2. The molecule has 1 aromatic carbocycles. The number of nitrogens with one attached hydrogen (secondary N) is 2. The Labute approximate surface area is 117 Å². The molecule has 6 heteroatoms. The second kappa shape index (κ2) is 6.38. The topological polar surface area (TPSA) is 76.7 Å². The summed E-state index contributed by atoms with van der Waals surface area (Å²) in [5, 5.41) is 5.44. The van der Waals surface area contributed by atoms with Gasteiger partial charge in [0.15, 0.2) is 0 Å². The summed E-state index contributed by atoms with van der Waals surface area (Å²) in [6.07, 6.45) is 1.25. The van der Waals surface area contributed by atoms with Gasteiger partial charge in [-0.25, -0.2) is 0 Å². The van der Waals surface area contributed by atoms with Crippen LogP contribution in [0.3, 0.4) is 0 Å². The predicted octanol–water partition coefficient (Wildman–Crippen LogP) is 1.77. The molecule has 1 aliphatic heterocycles. The maximum atomic E-state index is 11.9. The fourth-order valence-corrected chi connectivity index (χ4v) is 2.08. The minimum Gasteiger partial charge on any atom is -0.495 e. The van der Waals surface area contributed by atoms with E-state index >= 15 is 0 Å². The van der Waals surface area contributed by atoms with Crippen LogP contribution >= 0.6 is 0 Å². The Morgan fingerprint density at radius 1 is 1.35 bits per heavy atom. The van der Waals surface area contributed by atoms with Crippen molar-refractivity contribution in [2.75, 3.05) is 24.4 Å². The van der Waals surface area contributed by atoms with E-state index in [4.69, 9.17) is 9.47 Å². The zero-order valence-corrected chi connectivity index (χ0v) is 11.6. The van der Waals surface area contributed by atoms with E-state index in [0.29, 0.717) is 23.7 Å². The van der Waals surface area contributed by atoms with Crippen LogP contribution in [-0.2, 0) is 14.3 Å². The van der Waals surface area contributed by atoms with Crippen LogP contribution in [0.2, 0.25) is 0 Å². The lowest BCUT2D eigenvalue weighted by molar-refractivity contribution is -0.124. The molecule has 20 heavy (non-hydrogen) atoms. The van der Waals surface area contributed by atoms with Gasteiger partial charge in [0.25, 0.3) is 5.91 Å². The van der Waals surface area contributed by atoms with E-state index < -0.39 is 0 Å². The molecule has 1 heterocycles. The lowest BCUT2D eigenvalue weighted by Crippen LogP contribution is -2.26. The van der Waals surface area contributed by atoms with Crippen molar-refractivity contribution in [3.63, 3.8) is 0 Å².